The van der Waals surface area contributed by atoms with Gasteiger partial charge >= 0.3 is 0 Å². The predicted octanol–water partition coefficient (Wildman–Crippen LogP) is 2.30. The predicted molar refractivity (Wildman–Crippen MR) is 84.0 cm³/mol. The molecular weight excluding hydrogens is 270 g/mol. The second kappa shape index (κ2) is 10.4. The Balaban J connectivity index is 2.24. The van der Waals surface area contributed by atoms with Crippen LogP contribution in [0, 0.1) is 0 Å². The lowest BCUT2D eigenvalue weighted by molar-refractivity contribution is -0.0282. The van der Waals surface area contributed by atoms with Crippen molar-refractivity contribution in [1.29, 1.82) is 0 Å². The van der Waals surface area contributed by atoms with E-state index in [0.29, 0.717) is 13.2 Å². The number of aliphatic hydroxyl groups is 1. The van der Waals surface area contributed by atoms with Crippen LogP contribution < -0.4 is 10.1 Å². The number of aliphatic hydroxyl groups excluding tert-OH is 1. The van der Waals surface area contributed by atoms with Crippen LogP contribution in [0.3, 0.4) is 0 Å². The summed E-state index contributed by atoms with van der Waals surface area (Å²) in [4.78, 5) is 0. The molecule has 21 heavy (non-hydrogen) atoms. The highest BCUT2D eigenvalue weighted by Crippen LogP contribution is 2.15. The number of methoxy groups -OCH3 is 1. The van der Waals surface area contributed by atoms with E-state index >= 15 is 0 Å². The number of benzene rings is 1. The SMILES string of the molecule is CCCOc1ccc(NCC(O)COC(C)COC)cc1. The Hall–Kier alpha value is -1.30. The molecule has 0 saturated heterocycles. The van der Waals surface area contributed by atoms with Crippen LogP contribution in [-0.4, -0.2) is 50.8 Å². The van der Waals surface area contributed by atoms with Crippen molar-refractivity contribution < 1.29 is 19.3 Å². The standard InChI is InChI=1S/C16H27NO4/c1-4-9-20-16-7-5-14(6-8-16)17-10-15(18)12-21-13(2)11-19-3/h5-8,13,15,17-18H,4,9-12H2,1-3H3. The molecule has 2 unspecified atom stereocenters. The number of hydrogen-bond acceptors (Lipinski definition) is 5. The summed E-state index contributed by atoms with van der Waals surface area (Å²) in [6, 6.07) is 7.71. The van der Waals surface area contributed by atoms with Crippen molar-refractivity contribution >= 4 is 5.69 Å². The molecule has 0 aliphatic rings. The maximum absolute atomic E-state index is 9.85. The zero-order valence-electron chi connectivity index (χ0n) is 13.2. The van der Waals surface area contributed by atoms with Gasteiger partial charge in [-0.05, 0) is 37.6 Å². The highest BCUT2D eigenvalue weighted by atomic mass is 16.5. The molecule has 0 saturated carbocycles. The van der Waals surface area contributed by atoms with Gasteiger partial charge in [0.2, 0.25) is 0 Å². The Labute approximate surface area is 127 Å². The molecule has 0 amide bonds. The van der Waals surface area contributed by atoms with Gasteiger partial charge in [0.15, 0.2) is 0 Å². The van der Waals surface area contributed by atoms with Gasteiger partial charge in [-0.2, -0.15) is 0 Å². The topological polar surface area (TPSA) is 60.0 Å². The van der Waals surface area contributed by atoms with Gasteiger partial charge in [0.05, 0.1) is 32.0 Å². The summed E-state index contributed by atoms with van der Waals surface area (Å²) in [5.74, 6) is 0.861. The molecule has 5 nitrogen and oxygen atoms in total. The Morgan fingerprint density at radius 3 is 2.52 bits per heavy atom. The third kappa shape index (κ3) is 7.90. The summed E-state index contributed by atoms with van der Waals surface area (Å²) in [6.07, 6.45) is 0.424. The fourth-order valence-electron chi connectivity index (χ4n) is 1.74. The van der Waals surface area contributed by atoms with E-state index in [4.69, 9.17) is 14.2 Å². The molecule has 120 valence electrons. The van der Waals surface area contributed by atoms with E-state index < -0.39 is 6.10 Å². The van der Waals surface area contributed by atoms with Crippen molar-refractivity contribution in [2.75, 3.05) is 38.8 Å². The Kier molecular flexibility index (Phi) is 8.82. The van der Waals surface area contributed by atoms with Gasteiger partial charge in [-0.3, -0.25) is 0 Å². The van der Waals surface area contributed by atoms with Gasteiger partial charge in [0.25, 0.3) is 0 Å². The zero-order chi connectivity index (χ0) is 15.5. The van der Waals surface area contributed by atoms with Crippen LogP contribution in [0.5, 0.6) is 5.75 Å². The normalized spacial score (nSPS) is 13.7. The van der Waals surface area contributed by atoms with Crippen LogP contribution in [0.1, 0.15) is 20.3 Å². The minimum atomic E-state index is -0.555. The smallest absolute Gasteiger partial charge is 0.119 e. The molecule has 5 heteroatoms. The molecular formula is C16H27NO4. The van der Waals surface area contributed by atoms with Crippen molar-refractivity contribution in [3.63, 3.8) is 0 Å². The minimum Gasteiger partial charge on any atom is -0.494 e. The number of hydrogen-bond donors (Lipinski definition) is 2. The fraction of sp³-hybridized carbons (Fsp3) is 0.625. The van der Waals surface area contributed by atoms with E-state index in [1.54, 1.807) is 7.11 Å². The molecule has 2 atom stereocenters. The molecule has 2 N–H and O–H groups in total. The first-order chi connectivity index (χ1) is 10.2. The van der Waals surface area contributed by atoms with E-state index in [1.807, 2.05) is 31.2 Å². The lowest BCUT2D eigenvalue weighted by Gasteiger charge is -2.17. The summed E-state index contributed by atoms with van der Waals surface area (Å²) < 4.78 is 15.9. The summed E-state index contributed by atoms with van der Waals surface area (Å²) >= 11 is 0. The Morgan fingerprint density at radius 2 is 1.90 bits per heavy atom. The van der Waals surface area contributed by atoms with Crippen molar-refractivity contribution in [3.8, 4) is 5.75 Å². The molecule has 0 bridgehead atoms. The van der Waals surface area contributed by atoms with E-state index in [9.17, 15) is 5.11 Å². The lowest BCUT2D eigenvalue weighted by Crippen LogP contribution is -2.28. The second-order valence-electron chi connectivity index (χ2n) is 5.01. The van der Waals surface area contributed by atoms with E-state index in [2.05, 4.69) is 12.2 Å². The number of ether oxygens (including phenoxy) is 3. The molecule has 0 radical (unpaired) electrons. The number of rotatable bonds is 11. The summed E-state index contributed by atoms with van der Waals surface area (Å²) in [5.41, 5.74) is 0.947. The molecule has 1 aromatic carbocycles. The van der Waals surface area contributed by atoms with Crippen molar-refractivity contribution in [3.05, 3.63) is 24.3 Å². The maximum Gasteiger partial charge on any atom is 0.119 e. The summed E-state index contributed by atoms with van der Waals surface area (Å²) in [5, 5.41) is 13.0. The van der Waals surface area contributed by atoms with Gasteiger partial charge in [-0.15, -0.1) is 0 Å². The monoisotopic (exact) mass is 297 g/mol. The fourth-order valence-corrected chi connectivity index (χ4v) is 1.74. The Bertz CT molecular complexity index is 369. The van der Waals surface area contributed by atoms with E-state index in [-0.39, 0.29) is 12.7 Å². The first kappa shape index (κ1) is 17.8. The van der Waals surface area contributed by atoms with Crippen LogP contribution in [0.2, 0.25) is 0 Å². The van der Waals surface area contributed by atoms with Gasteiger partial charge in [0.1, 0.15) is 5.75 Å². The van der Waals surface area contributed by atoms with Crippen molar-refractivity contribution in [1.82, 2.24) is 0 Å². The quantitative estimate of drug-likeness (QED) is 0.656. The van der Waals surface area contributed by atoms with Crippen LogP contribution in [0.15, 0.2) is 24.3 Å². The molecule has 1 rings (SSSR count). The third-order valence-corrected chi connectivity index (χ3v) is 2.84. The molecule has 0 heterocycles. The first-order valence-corrected chi connectivity index (χ1v) is 7.41. The van der Waals surface area contributed by atoms with Gasteiger partial charge < -0.3 is 24.6 Å². The molecule has 0 spiro atoms. The molecule has 0 fully saturated rings. The molecule has 0 aromatic heterocycles. The van der Waals surface area contributed by atoms with Crippen molar-refractivity contribution in [2.45, 2.75) is 32.5 Å². The average molecular weight is 297 g/mol. The molecule has 0 aliphatic heterocycles. The third-order valence-electron chi connectivity index (χ3n) is 2.84. The number of anilines is 1. The average Bonchev–Trinajstić information content (AvgIpc) is 2.50. The summed E-state index contributed by atoms with van der Waals surface area (Å²) in [7, 11) is 1.63. The van der Waals surface area contributed by atoms with Gasteiger partial charge in [-0.25, -0.2) is 0 Å². The summed E-state index contributed by atoms with van der Waals surface area (Å²) in [6.45, 7) is 5.97. The van der Waals surface area contributed by atoms with Crippen LogP contribution >= 0.6 is 0 Å². The molecule has 0 aliphatic carbocycles. The highest BCUT2D eigenvalue weighted by Gasteiger charge is 2.08. The minimum absolute atomic E-state index is 0.0142. The maximum atomic E-state index is 9.85. The van der Waals surface area contributed by atoms with Crippen molar-refractivity contribution in [2.24, 2.45) is 0 Å². The van der Waals surface area contributed by atoms with Crippen LogP contribution in [-0.2, 0) is 9.47 Å². The van der Waals surface area contributed by atoms with Gasteiger partial charge in [0, 0.05) is 19.3 Å². The van der Waals surface area contributed by atoms with E-state index in [0.717, 1.165) is 24.5 Å². The number of nitrogens with one attached hydrogen (secondary N) is 1. The first-order valence-electron chi connectivity index (χ1n) is 7.41. The Morgan fingerprint density at radius 1 is 1.19 bits per heavy atom. The lowest BCUT2D eigenvalue weighted by atomic mass is 10.3. The second-order valence-corrected chi connectivity index (χ2v) is 5.01. The molecule has 1 aromatic rings. The van der Waals surface area contributed by atoms with Gasteiger partial charge in [-0.1, -0.05) is 6.92 Å². The van der Waals surface area contributed by atoms with E-state index in [1.165, 1.54) is 0 Å². The van der Waals surface area contributed by atoms with Crippen LogP contribution in [0.4, 0.5) is 5.69 Å². The largest absolute Gasteiger partial charge is 0.494 e. The highest BCUT2D eigenvalue weighted by molar-refractivity contribution is 5.46. The zero-order valence-corrected chi connectivity index (χ0v) is 13.2. The van der Waals surface area contributed by atoms with Crippen LogP contribution in [0.25, 0.3) is 0 Å².